The summed E-state index contributed by atoms with van der Waals surface area (Å²) in [7, 11) is 0. The third-order valence-electron chi connectivity index (χ3n) is 2.01. The lowest BCUT2D eigenvalue weighted by Gasteiger charge is -2.03. The molecular formula is C11H19NO2. The van der Waals surface area contributed by atoms with Gasteiger partial charge in [0.2, 0.25) is 0 Å². The molecule has 0 aromatic carbocycles. The summed E-state index contributed by atoms with van der Waals surface area (Å²) in [5.41, 5.74) is 1.20. The van der Waals surface area contributed by atoms with Crippen LogP contribution in [0.4, 0.5) is 0 Å². The van der Waals surface area contributed by atoms with E-state index in [1.54, 1.807) is 12.5 Å². The van der Waals surface area contributed by atoms with Crippen LogP contribution in [-0.2, 0) is 11.3 Å². The first-order valence-corrected chi connectivity index (χ1v) is 5.23. The number of furan rings is 1. The van der Waals surface area contributed by atoms with Gasteiger partial charge in [0, 0.05) is 25.3 Å². The van der Waals surface area contributed by atoms with Crippen molar-refractivity contribution < 1.29 is 9.15 Å². The molecule has 0 unspecified atom stereocenters. The van der Waals surface area contributed by atoms with E-state index in [0.717, 1.165) is 39.1 Å². The highest BCUT2D eigenvalue weighted by Gasteiger charge is 1.93. The van der Waals surface area contributed by atoms with Crippen LogP contribution in [0.2, 0.25) is 0 Å². The molecule has 3 nitrogen and oxygen atoms in total. The highest BCUT2D eigenvalue weighted by atomic mass is 16.5. The summed E-state index contributed by atoms with van der Waals surface area (Å²) in [5, 5.41) is 3.35. The van der Waals surface area contributed by atoms with Gasteiger partial charge in [-0.3, -0.25) is 0 Å². The predicted octanol–water partition coefficient (Wildman–Crippen LogP) is 2.19. The normalized spacial score (nSPS) is 10.6. The van der Waals surface area contributed by atoms with Crippen molar-refractivity contribution in [1.82, 2.24) is 5.32 Å². The fourth-order valence-corrected chi connectivity index (χ4v) is 1.22. The zero-order chi connectivity index (χ0) is 10.1. The van der Waals surface area contributed by atoms with Crippen molar-refractivity contribution in [2.75, 3.05) is 19.8 Å². The van der Waals surface area contributed by atoms with Crippen LogP contribution >= 0.6 is 0 Å². The van der Waals surface area contributed by atoms with E-state index in [0.29, 0.717) is 0 Å². The van der Waals surface area contributed by atoms with Gasteiger partial charge in [0.1, 0.15) is 0 Å². The van der Waals surface area contributed by atoms with Crippen molar-refractivity contribution in [3.63, 3.8) is 0 Å². The number of ether oxygens (including phenoxy) is 1. The van der Waals surface area contributed by atoms with Gasteiger partial charge in [-0.2, -0.15) is 0 Å². The highest BCUT2D eigenvalue weighted by molar-refractivity contribution is 5.04. The molecule has 0 aliphatic heterocycles. The molecule has 0 amide bonds. The van der Waals surface area contributed by atoms with E-state index in [1.807, 2.05) is 13.0 Å². The van der Waals surface area contributed by atoms with Gasteiger partial charge in [-0.1, -0.05) is 0 Å². The second kappa shape index (κ2) is 7.59. The molecule has 0 aliphatic carbocycles. The molecule has 0 saturated heterocycles. The van der Waals surface area contributed by atoms with Gasteiger partial charge in [0.15, 0.2) is 0 Å². The molecule has 1 aromatic rings. The maximum absolute atomic E-state index is 5.24. The standard InChI is InChI=1S/C11H19NO2/c1-2-13-7-4-3-6-12-9-11-5-8-14-10-11/h5,8,10,12H,2-4,6-7,9H2,1H3. The Balaban J connectivity index is 1.85. The molecule has 0 saturated carbocycles. The van der Waals surface area contributed by atoms with E-state index in [2.05, 4.69) is 5.32 Å². The Bertz CT molecular complexity index is 209. The van der Waals surface area contributed by atoms with Gasteiger partial charge in [-0.05, 0) is 32.4 Å². The predicted molar refractivity (Wildman–Crippen MR) is 56.1 cm³/mol. The van der Waals surface area contributed by atoms with Crippen LogP contribution in [0, 0.1) is 0 Å². The lowest BCUT2D eigenvalue weighted by atomic mass is 10.3. The molecule has 0 bridgehead atoms. The third-order valence-corrected chi connectivity index (χ3v) is 2.01. The zero-order valence-corrected chi connectivity index (χ0v) is 8.79. The number of unbranched alkanes of at least 4 members (excludes halogenated alkanes) is 1. The molecule has 14 heavy (non-hydrogen) atoms. The van der Waals surface area contributed by atoms with Gasteiger partial charge >= 0.3 is 0 Å². The monoisotopic (exact) mass is 197 g/mol. The summed E-state index contributed by atoms with van der Waals surface area (Å²) in [6, 6.07) is 1.98. The average Bonchev–Trinajstić information content (AvgIpc) is 2.69. The molecule has 0 spiro atoms. The van der Waals surface area contributed by atoms with Crippen LogP contribution in [0.5, 0.6) is 0 Å². The molecule has 1 heterocycles. The smallest absolute Gasteiger partial charge is 0.0947 e. The molecule has 0 atom stereocenters. The molecule has 0 fully saturated rings. The van der Waals surface area contributed by atoms with Crippen LogP contribution in [0.25, 0.3) is 0 Å². The Morgan fingerprint density at radius 3 is 3.07 bits per heavy atom. The van der Waals surface area contributed by atoms with Crippen LogP contribution in [0.3, 0.4) is 0 Å². The summed E-state index contributed by atoms with van der Waals surface area (Å²) in [5.74, 6) is 0. The average molecular weight is 197 g/mol. The summed E-state index contributed by atoms with van der Waals surface area (Å²) in [6.07, 6.45) is 5.77. The van der Waals surface area contributed by atoms with Crippen molar-refractivity contribution in [3.8, 4) is 0 Å². The van der Waals surface area contributed by atoms with Crippen molar-refractivity contribution in [2.24, 2.45) is 0 Å². The minimum absolute atomic E-state index is 0.822. The van der Waals surface area contributed by atoms with E-state index in [1.165, 1.54) is 5.56 Å². The molecule has 0 aliphatic rings. The van der Waals surface area contributed by atoms with Crippen molar-refractivity contribution >= 4 is 0 Å². The Hall–Kier alpha value is -0.800. The fourth-order valence-electron chi connectivity index (χ4n) is 1.22. The van der Waals surface area contributed by atoms with Gasteiger partial charge in [-0.25, -0.2) is 0 Å². The van der Waals surface area contributed by atoms with E-state index < -0.39 is 0 Å². The number of hydrogen-bond acceptors (Lipinski definition) is 3. The largest absolute Gasteiger partial charge is 0.472 e. The van der Waals surface area contributed by atoms with Crippen molar-refractivity contribution in [3.05, 3.63) is 24.2 Å². The summed E-state index contributed by atoms with van der Waals surface area (Å²) in [6.45, 7) is 5.66. The zero-order valence-electron chi connectivity index (χ0n) is 8.79. The van der Waals surface area contributed by atoms with Crippen LogP contribution in [0.1, 0.15) is 25.3 Å². The first kappa shape index (κ1) is 11.3. The van der Waals surface area contributed by atoms with E-state index >= 15 is 0 Å². The second-order valence-electron chi connectivity index (χ2n) is 3.21. The van der Waals surface area contributed by atoms with Crippen LogP contribution in [0.15, 0.2) is 23.0 Å². The van der Waals surface area contributed by atoms with E-state index in [-0.39, 0.29) is 0 Å². The highest BCUT2D eigenvalue weighted by Crippen LogP contribution is 1.98. The quantitative estimate of drug-likeness (QED) is 0.649. The van der Waals surface area contributed by atoms with Gasteiger partial charge in [-0.15, -0.1) is 0 Å². The first-order valence-electron chi connectivity index (χ1n) is 5.23. The summed E-state index contributed by atoms with van der Waals surface area (Å²) >= 11 is 0. The lowest BCUT2D eigenvalue weighted by molar-refractivity contribution is 0.143. The van der Waals surface area contributed by atoms with Crippen LogP contribution in [-0.4, -0.2) is 19.8 Å². The maximum Gasteiger partial charge on any atom is 0.0947 e. The van der Waals surface area contributed by atoms with Crippen molar-refractivity contribution in [1.29, 1.82) is 0 Å². The summed E-state index contributed by atoms with van der Waals surface area (Å²) < 4.78 is 10.2. The van der Waals surface area contributed by atoms with Gasteiger partial charge < -0.3 is 14.5 Å². The van der Waals surface area contributed by atoms with Gasteiger partial charge in [0.05, 0.1) is 12.5 Å². The number of hydrogen-bond donors (Lipinski definition) is 1. The molecule has 80 valence electrons. The first-order chi connectivity index (χ1) is 6.93. The fraction of sp³-hybridized carbons (Fsp3) is 0.636. The Kier molecular flexibility index (Phi) is 6.11. The molecule has 0 radical (unpaired) electrons. The molecule has 1 N–H and O–H groups in total. The molecule has 1 rings (SSSR count). The SMILES string of the molecule is CCOCCCCNCc1ccoc1. The maximum atomic E-state index is 5.24. The molecule has 3 heteroatoms. The Morgan fingerprint density at radius 2 is 2.36 bits per heavy atom. The minimum Gasteiger partial charge on any atom is -0.472 e. The van der Waals surface area contributed by atoms with Crippen LogP contribution < -0.4 is 5.32 Å². The Morgan fingerprint density at radius 1 is 1.43 bits per heavy atom. The Labute approximate surface area is 85.4 Å². The second-order valence-corrected chi connectivity index (χ2v) is 3.21. The minimum atomic E-state index is 0.822. The lowest BCUT2D eigenvalue weighted by Crippen LogP contribution is -2.14. The third kappa shape index (κ3) is 5.04. The topological polar surface area (TPSA) is 34.4 Å². The number of rotatable bonds is 8. The summed E-state index contributed by atoms with van der Waals surface area (Å²) in [4.78, 5) is 0. The van der Waals surface area contributed by atoms with E-state index in [4.69, 9.17) is 9.15 Å². The molecular weight excluding hydrogens is 178 g/mol. The van der Waals surface area contributed by atoms with E-state index in [9.17, 15) is 0 Å². The molecule has 1 aromatic heterocycles. The van der Waals surface area contributed by atoms with Gasteiger partial charge in [0.25, 0.3) is 0 Å². The number of nitrogens with one attached hydrogen (secondary N) is 1. The van der Waals surface area contributed by atoms with Crippen molar-refractivity contribution in [2.45, 2.75) is 26.3 Å².